The molecule has 1 unspecified atom stereocenters. The van der Waals surface area contributed by atoms with Gasteiger partial charge >= 0.3 is 0 Å². The molecule has 0 aromatic heterocycles. The second kappa shape index (κ2) is 36.2. The summed E-state index contributed by atoms with van der Waals surface area (Å²) in [6.45, 7) is 8.14. The van der Waals surface area contributed by atoms with E-state index in [1.54, 1.807) is 5.57 Å². The summed E-state index contributed by atoms with van der Waals surface area (Å²) in [6, 6.07) is 0. The van der Waals surface area contributed by atoms with Crippen LogP contribution in [-0.4, -0.2) is 12.1 Å². The van der Waals surface area contributed by atoms with Crippen molar-refractivity contribution in [3.63, 3.8) is 0 Å². The first-order valence-electron chi connectivity index (χ1n) is 22.9. The van der Waals surface area contributed by atoms with Gasteiger partial charge in [0.1, 0.15) is 0 Å². The first kappa shape index (κ1) is 45.5. The minimum Gasteiger partial charge on any atom is -0.308 e. The van der Waals surface area contributed by atoms with E-state index in [9.17, 15) is 0 Å². The van der Waals surface area contributed by atoms with Gasteiger partial charge in [0, 0.05) is 5.54 Å². The number of nitrogens with one attached hydrogen (secondary N) is 1. The van der Waals surface area contributed by atoms with Gasteiger partial charge in [-0.2, -0.15) is 0 Å². The zero-order chi connectivity index (χ0) is 34.5. The maximum absolute atomic E-state index is 4.10. The van der Waals surface area contributed by atoms with E-state index in [-0.39, 0.29) is 5.54 Å². The minimum atomic E-state index is 0.222. The van der Waals surface area contributed by atoms with Crippen molar-refractivity contribution in [1.29, 1.82) is 0 Å². The largest absolute Gasteiger partial charge is 0.308 e. The Morgan fingerprint density at radius 2 is 0.750 bits per heavy atom. The number of rotatable bonds is 39. The summed E-state index contributed by atoms with van der Waals surface area (Å²) in [5, 5.41) is 4.10. The highest BCUT2D eigenvalue weighted by Crippen LogP contribution is 2.29. The second-order valence-electron chi connectivity index (χ2n) is 16.2. The summed E-state index contributed by atoms with van der Waals surface area (Å²) in [4.78, 5) is 0. The number of hydrogen-bond acceptors (Lipinski definition) is 1. The lowest BCUT2D eigenvalue weighted by Gasteiger charge is -2.34. The molecule has 0 heterocycles. The fourth-order valence-corrected chi connectivity index (χ4v) is 7.88. The highest BCUT2D eigenvalue weighted by Gasteiger charge is 2.26. The Morgan fingerprint density at radius 3 is 1.10 bits per heavy atom. The normalized spacial score (nSPS) is 16.2. The van der Waals surface area contributed by atoms with Crippen LogP contribution < -0.4 is 5.32 Å². The summed E-state index contributed by atoms with van der Waals surface area (Å²) in [5.74, 6) is 0. The average Bonchev–Trinajstić information content (AvgIpc) is 3.10. The molecule has 0 aliphatic heterocycles. The van der Waals surface area contributed by atoms with E-state index in [4.69, 9.17) is 0 Å². The molecule has 0 amide bonds. The summed E-state index contributed by atoms with van der Waals surface area (Å²) in [7, 11) is 0. The van der Waals surface area contributed by atoms with Crippen LogP contribution in [-0.2, 0) is 0 Å². The monoisotopic (exact) mass is 670 g/mol. The Morgan fingerprint density at radius 1 is 0.417 bits per heavy atom. The van der Waals surface area contributed by atoms with Crippen LogP contribution in [0.4, 0.5) is 0 Å². The molecule has 284 valence electrons. The van der Waals surface area contributed by atoms with Crippen molar-refractivity contribution < 1.29 is 0 Å². The molecule has 0 aromatic carbocycles. The zero-order valence-electron chi connectivity index (χ0n) is 33.8. The van der Waals surface area contributed by atoms with Gasteiger partial charge < -0.3 is 5.32 Å². The predicted molar refractivity (Wildman–Crippen MR) is 220 cm³/mol. The van der Waals surface area contributed by atoms with Crippen molar-refractivity contribution in [3.05, 3.63) is 23.8 Å². The molecule has 0 saturated carbocycles. The number of hydrogen-bond donors (Lipinski definition) is 1. The molecule has 0 saturated heterocycles. The van der Waals surface area contributed by atoms with E-state index in [1.807, 2.05) is 0 Å². The van der Waals surface area contributed by atoms with E-state index >= 15 is 0 Å². The van der Waals surface area contributed by atoms with Gasteiger partial charge in [-0.25, -0.2) is 0 Å². The van der Waals surface area contributed by atoms with Gasteiger partial charge in [-0.15, -0.1) is 0 Å². The summed E-state index contributed by atoms with van der Waals surface area (Å²) >= 11 is 0. The van der Waals surface area contributed by atoms with Crippen LogP contribution in [0.2, 0.25) is 0 Å². The lowest BCUT2D eigenvalue weighted by molar-refractivity contribution is 0.352. The van der Waals surface area contributed by atoms with E-state index in [0.29, 0.717) is 0 Å². The fraction of sp³-hybridized carbons (Fsp3) is 0.915. The maximum Gasteiger partial charge on any atom is 0.0402 e. The molecule has 0 aromatic rings. The minimum absolute atomic E-state index is 0.222. The molecule has 1 aliphatic rings. The Hall–Kier alpha value is -0.560. The first-order valence-corrected chi connectivity index (χ1v) is 22.9. The highest BCUT2D eigenvalue weighted by molar-refractivity contribution is 5.29. The number of allylic oxidation sites excluding steroid dienone is 2. The lowest BCUT2D eigenvalue weighted by Crippen LogP contribution is -2.44. The van der Waals surface area contributed by atoms with Crippen molar-refractivity contribution >= 4 is 0 Å². The fourth-order valence-electron chi connectivity index (χ4n) is 7.88. The molecule has 0 spiro atoms. The van der Waals surface area contributed by atoms with Gasteiger partial charge in [-0.3, -0.25) is 0 Å². The Labute approximate surface area is 305 Å². The molecule has 1 heteroatoms. The highest BCUT2D eigenvalue weighted by atomic mass is 15.0. The molecule has 0 fully saturated rings. The van der Waals surface area contributed by atoms with Gasteiger partial charge in [0.05, 0.1) is 0 Å². The molecule has 48 heavy (non-hydrogen) atoms. The van der Waals surface area contributed by atoms with Crippen LogP contribution in [0.15, 0.2) is 23.8 Å². The predicted octanol–water partition coefficient (Wildman–Crippen LogP) is 16.7. The second-order valence-corrected chi connectivity index (χ2v) is 16.2. The van der Waals surface area contributed by atoms with E-state index < -0.39 is 0 Å². The molecule has 1 aliphatic carbocycles. The van der Waals surface area contributed by atoms with Crippen LogP contribution in [0.5, 0.6) is 0 Å². The van der Waals surface area contributed by atoms with Crippen LogP contribution >= 0.6 is 0 Å². The Balaban J connectivity index is 2.11. The standard InChI is InChI=1S/C47H91N/c1-4-7-10-13-16-18-19-20-21-22-23-24-25-26-27-28-29-32-35-38-45-48-47(42-37-34-31-17-14-11-8-5-2)43-40-46(41-44-47)39-36-33-30-15-12-9-6-3/h40-41,43,48H,4-39,42,44-45H2,1-3H3. The molecule has 0 radical (unpaired) electrons. The van der Waals surface area contributed by atoms with Crippen molar-refractivity contribution in [3.8, 4) is 0 Å². The van der Waals surface area contributed by atoms with E-state index in [0.717, 1.165) is 0 Å². The van der Waals surface area contributed by atoms with Gasteiger partial charge in [0.2, 0.25) is 0 Å². The lowest BCUT2D eigenvalue weighted by atomic mass is 9.82. The van der Waals surface area contributed by atoms with E-state index in [1.165, 1.54) is 251 Å². The SMILES string of the molecule is CCCCCCCCCCCCCCCCCCCCCCNC1(CCCCCCCCCC)C=CC(CCCCCCCCC)=CC1. The summed E-state index contributed by atoms with van der Waals surface area (Å²) < 4.78 is 0. The molecular formula is C47H91N. The smallest absolute Gasteiger partial charge is 0.0402 e. The summed E-state index contributed by atoms with van der Waals surface area (Å²) in [6.07, 6.45) is 61.8. The molecule has 1 atom stereocenters. The third-order valence-electron chi connectivity index (χ3n) is 11.4. The Bertz CT molecular complexity index is 691. The molecule has 0 bridgehead atoms. The van der Waals surface area contributed by atoms with Crippen molar-refractivity contribution in [2.75, 3.05) is 6.54 Å². The third-order valence-corrected chi connectivity index (χ3v) is 11.4. The average molecular weight is 670 g/mol. The molecule has 1 nitrogen and oxygen atoms in total. The van der Waals surface area contributed by atoms with Crippen LogP contribution in [0.25, 0.3) is 0 Å². The van der Waals surface area contributed by atoms with Crippen molar-refractivity contribution in [2.45, 2.75) is 270 Å². The van der Waals surface area contributed by atoms with Gasteiger partial charge in [0.15, 0.2) is 0 Å². The molecule has 1 N–H and O–H groups in total. The van der Waals surface area contributed by atoms with Crippen LogP contribution in [0.1, 0.15) is 265 Å². The Kier molecular flexibility index (Phi) is 34.3. The topological polar surface area (TPSA) is 12.0 Å². The number of unbranched alkanes of at least 4 members (excludes halogenated alkanes) is 32. The van der Waals surface area contributed by atoms with Gasteiger partial charge in [-0.1, -0.05) is 256 Å². The van der Waals surface area contributed by atoms with Crippen molar-refractivity contribution in [2.24, 2.45) is 0 Å². The quantitative estimate of drug-likeness (QED) is 0.0642. The summed E-state index contributed by atoms with van der Waals surface area (Å²) in [5.41, 5.74) is 1.83. The van der Waals surface area contributed by atoms with Crippen molar-refractivity contribution in [1.82, 2.24) is 5.32 Å². The van der Waals surface area contributed by atoms with Crippen LogP contribution in [0.3, 0.4) is 0 Å². The van der Waals surface area contributed by atoms with Gasteiger partial charge in [-0.05, 0) is 38.6 Å². The molecular weight excluding hydrogens is 579 g/mol. The third kappa shape index (κ3) is 29.2. The van der Waals surface area contributed by atoms with Gasteiger partial charge in [0.25, 0.3) is 0 Å². The maximum atomic E-state index is 4.10. The first-order chi connectivity index (χ1) is 23.8. The van der Waals surface area contributed by atoms with Crippen LogP contribution in [0, 0.1) is 0 Å². The van der Waals surface area contributed by atoms with E-state index in [2.05, 4.69) is 44.3 Å². The molecule has 1 rings (SSSR count). The zero-order valence-corrected chi connectivity index (χ0v) is 33.8.